The van der Waals surface area contributed by atoms with E-state index in [-0.39, 0.29) is 30.4 Å². The summed E-state index contributed by atoms with van der Waals surface area (Å²) in [6.07, 6.45) is 13.9. The molecule has 4 heterocycles. The van der Waals surface area contributed by atoms with Gasteiger partial charge in [-0.2, -0.15) is 0 Å². The Kier molecular flexibility index (Phi) is 8.72. The van der Waals surface area contributed by atoms with Gasteiger partial charge < -0.3 is 24.5 Å². The fourth-order valence-corrected chi connectivity index (χ4v) is 11.0. The molecule has 1 spiro atoms. The van der Waals surface area contributed by atoms with Gasteiger partial charge in [0.1, 0.15) is 11.8 Å². The van der Waals surface area contributed by atoms with Gasteiger partial charge in [0.2, 0.25) is 17.7 Å². The number of amides is 3. The second kappa shape index (κ2) is 12.8. The average molecular weight is 656 g/mol. The van der Waals surface area contributed by atoms with Gasteiger partial charge in [-0.1, -0.05) is 73.9 Å². The van der Waals surface area contributed by atoms with Gasteiger partial charge in [-0.15, -0.1) is 11.8 Å². The number of hydrogen-bond acceptors (Lipinski definition) is 6. The number of fused-ring (bicyclic) bond motifs is 2. The zero-order valence-electron chi connectivity index (χ0n) is 27.3. The van der Waals surface area contributed by atoms with Crippen molar-refractivity contribution in [2.45, 2.75) is 80.0 Å². The van der Waals surface area contributed by atoms with E-state index in [4.69, 9.17) is 4.74 Å². The first-order chi connectivity index (χ1) is 22.8. The molecule has 248 valence electrons. The summed E-state index contributed by atoms with van der Waals surface area (Å²) >= 11 is 1.60. The highest BCUT2D eigenvalue weighted by molar-refractivity contribution is 8.02. The van der Waals surface area contributed by atoms with Crippen molar-refractivity contribution in [3.05, 3.63) is 84.5 Å². The van der Waals surface area contributed by atoms with Gasteiger partial charge in [-0.3, -0.25) is 14.4 Å². The van der Waals surface area contributed by atoms with Crippen molar-refractivity contribution in [2.24, 2.45) is 11.8 Å². The van der Waals surface area contributed by atoms with E-state index in [0.29, 0.717) is 26.1 Å². The second-order valence-corrected chi connectivity index (χ2v) is 15.5. The van der Waals surface area contributed by atoms with E-state index in [9.17, 15) is 14.7 Å². The Balaban J connectivity index is 1.32. The quantitative estimate of drug-likeness (QED) is 0.403. The summed E-state index contributed by atoms with van der Waals surface area (Å²) in [4.78, 5) is 50.3. The molecule has 47 heavy (non-hydrogen) atoms. The molecule has 0 bridgehead atoms. The number of aliphatic hydroxyl groups is 1. The lowest BCUT2D eigenvalue weighted by atomic mass is 9.74. The van der Waals surface area contributed by atoms with Crippen LogP contribution in [0.3, 0.4) is 0 Å². The lowest BCUT2D eigenvalue weighted by Crippen LogP contribution is -2.58. The van der Waals surface area contributed by atoms with Crippen molar-refractivity contribution >= 4 is 35.2 Å². The van der Waals surface area contributed by atoms with Crippen LogP contribution in [0.5, 0.6) is 5.75 Å². The molecule has 0 aromatic heterocycles. The van der Waals surface area contributed by atoms with Crippen LogP contribution in [0.15, 0.2) is 78.9 Å². The Morgan fingerprint density at radius 2 is 1.62 bits per heavy atom. The number of thioether (sulfide) groups is 1. The van der Waals surface area contributed by atoms with Crippen LogP contribution >= 0.6 is 11.8 Å². The van der Waals surface area contributed by atoms with E-state index >= 15 is 4.79 Å². The van der Waals surface area contributed by atoms with Crippen LogP contribution < -0.4 is 9.64 Å². The zero-order valence-corrected chi connectivity index (χ0v) is 28.1. The number of benzene rings is 2. The minimum Gasteiger partial charge on any atom is -0.494 e. The first kappa shape index (κ1) is 32.0. The van der Waals surface area contributed by atoms with Gasteiger partial charge in [0, 0.05) is 29.6 Å². The number of nitrogens with zero attached hydrogens (tertiary/aromatic N) is 3. The highest BCUT2D eigenvalue weighted by Gasteiger charge is 2.74. The number of likely N-dealkylation sites (tertiary alicyclic amines) is 1. The van der Waals surface area contributed by atoms with Gasteiger partial charge >= 0.3 is 0 Å². The maximum atomic E-state index is 15.1. The molecule has 5 aliphatic rings. The van der Waals surface area contributed by atoms with E-state index < -0.39 is 33.4 Å². The Morgan fingerprint density at radius 1 is 0.894 bits per heavy atom. The number of ether oxygens (including phenoxy) is 1. The molecule has 8 nitrogen and oxygen atoms in total. The minimum atomic E-state index is -0.955. The van der Waals surface area contributed by atoms with Crippen molar-refractivity contribution in [3.8, 4) is 5.75 Å². The molecule has 1 N–H and O–H groups in total. The van der Waals surface area contributed by atoms with E-state index in [1.165, 1.54) is 6.42 Å². The largest absolute Gasteiger partial charge is 0.494 e. The molecule has 1 aliphatic carbocycles. The summed E-state index contributed by atoms with van der Waals surface area (Å²) in [6.45, 7) is 5.13. The van der Waals surface area contributed by atoms with Gasteiger partial charge in [-0.25, -0.2) is 0 Å². The van der Waals surface area contributed by atoms with Crippen molar-refractivity contribution in [1.82, 2.24) is 9.80 Å². The number of aliphatic hydroxyl groups excluding tert-OH is 1. The zero-order chi connectivity index (χ0) is 32.8. The predicted octanol–water partition coefficient (Wildman–Crippen LogP) is 5.01. The molecule has 6 atom stereocenters. The molecular weight excluding hydrogens is 611 g/mol. The Hall–Kier alpha value is -3.56. The molecule has 0 radical (unpaired) electrons. The molecule has 3 amide bonds. The number of carbonyl (C=O) groups excluding carboxylic acids is 3. The van der Waals surface area contributed by atoms with Crippen LogP contribution in [0.4, 0.5) is 5.69 Å². The highest BCUT2D eigenvalue weighted by atomic mass is 32.2. The average Bonchev–Trinajstić information content (AvgIpc) is 3.36. The van der Waals surface area contributed by atoms with Crippen LogP contribution in [0.1, 0.15) is 51.5 Å². The van der Waals surface area contributed by atoms with Crippen LogP contribution in [0.2, 0.25) is 0 Å². The van der Waals surface area contributed by atoms with Gasteiger partial charge in [0.25, 0.3) is 0 Å². The van der Waals surface area contributed by atoms with Gasteiger partial charge in [0.05, 0.1) is 35.8 Å². The SMILES string of the molecule is CCOc1ccc(N2CC=C[C@@]3(C)S[C@]45C=CCN(C6CCCCC6)C(=O)C4N([C@@H](CO)Cc4ccccc4)C(=O)[C@@H]5[C@H]3C2=O)cc1. The third-order valence-corrected chi connectivity index (χ3v) is 12.7. The summed E-state index contributed by atoms with van der Waals surface area (Å²) in [5.74, 6) is -1.13. The Morgan fingerprint density at radius 3 is 2.32 bits per heavy atom. The molecule has 1 saturated carbocycles. The number of carbonyl (C=O) groups is 3. The van der Waals surface area contributed by atoms with Crippen LogP contribution in [0.25, 0.3) is 0 Å². The molecule has 2 saturated heterocycles. The third-order valence-electron chi connectivity index (χ3n) is 10.9. The lowest BCUT2D eigenvalue weighted by molar-refractivity contribution is -0.147. The summed E-state index contributed by atoms with van der Waals surface area (Å²) in [6, 6.07) is 16.0. The van der Waals surface area contributed by atoms with E-state index in [1.54, 1.807) is 21.6 Å². The van der Waals surface area contributed by atoms with E-state index in [2.05, 4.69) is 25.2 Å². The van der Waals surface area contributed by atoms with Crippen molar-refractivity contribution < 1.29 is 24.2 Å². The van der Waals surface area contributed by atoms with Crippen molar-refractivity contribution in [1.29, 1.82) is 0 Å². The number of rotatable bonds is 8. The second-order valence-electron chi connectivity index (χ2n) is 13.7. The Bertz CT molecular complexity index is 1560. The monoisotopic (exact) mass is 655 g/mol. The van der Waals surface area contributed by atoms with Crippen molar-refractivity contribution in [2.75, 3.05) is 31.2 Å². The molecule has 3 fully saturated rings. The van der Waals surface area contributed by atoms with Crippen LogP contribution in [0, 0.1) is 11.8 Å². The highest BCUT2D eigenvalue weighted by Crippen LogP contribution is 2.66. The smallest absolute Gasteiger partial charge is 0.247 e. The maximum Gasteiger partial charge on any atom is 0.247 e. The van der Waals surface area contributed by atoms with Crippen molar-refractivity contribution in [3.63, 3.8) is 0 Å². The fourth-order valence-electron chi connectivity index (χ4n) is 8.85. The van der Waals surface area contributed by atoms with E-state index in [1.807, 2.05) is 72.5 Å². The van der Waals surface area contributed by atoms with Gasteiger partial charge in [0.15, 0.2) is 0 Å². The molecule has 9 heteroatoms. The lowest BCUT2D eigenvalue weighted by Gasteiger charge is -2.42. The molecular formula is C38H45N3O5S. The molecule has 7 rings (SSSR count). The molecule has 1 unspecified atom stereocenters. The predicted molar refractivity (Wildman–Crippen MR) is 184 cm³/mol. The summed E-state index contributed by atoms with van der Waals surface area (Å²) < 4.78 is 3.98. The summed E-state index contributed by atoms with van der Waals surface area (Å²) in [7, 11) is 0. The minimum absolute atomic E-state index is 0.0587. The number of hydrogen-bond donors (Lipinski definition) is 1. The standard InChI is InChI=1S/C38H45N3O5S/c1-3-46-30-18-16-28(17-19-30)39-22-10-20-37(2)31(34(39)43)32-35(44)41(29(25-42)24-26-12-6-4-7-13-26)33-36(45)40(27-14-8-5-9-15-27)23-11-21-38(32,33)47-37/h4,6-7,10-13,16-21,27,29,31-33,42H,3,5,8-9,14-15,22-25H2,1-2H3/t29-,31+,32+,33?,37-,38+/m1/s1. The molecule has 2 aromatic rings. The summed E-state index contributed by atoms with van der Waals surface area (Å²) in [5, 5.41) is 10.9. The normalized spacial score (nSPS) is 31.3. The van der Waals surface area contributed by atoms with Crippen LogP contribution in [-0.2, 0) is 20.8 Å². The first-order valence-corrected chi connectivity index (χ1v) is 18.0. The third kappa shape index (κ3) is 5.39. The fraction of sp³-hybridized carbons (Fsp3) is 0.500. The van der Waals surface area contributed by atoms with E-state index in [0.717, 1.165) is 42.7 Å². The summed E-state index contributed by atoms with van der Waals surface area (Å²) in [5.41, 5.74) is 1.73. The maximum absolute atomic E-state index is 15.1. The number of anilines is 1. The molecule has 2 aromatic carbocycles. The topological polar surface area (TPSA) is 90.4 Å². The molecule has 4 aliphatic heterocycles. The Labute approximate surface area is 281 Å². The first-order valence-electron chi connectivity index (χ1n) is 17.2. The van der Waals surface area contributed by atoms with Gasteiger partial charge in [-0.05, 0) is 62.9 Å². The van der Waals surface area contributed by atoms with Crippen LogP contribution in [-0.4, -0.2) is 86.6 Å².